The first-order valence-electron chi connectivity index (χ1n) is 13.2. The maximum Gasteiger partial charge on any atom is 0.429 e. The van der Waals surface area contributed by atoms with Crippen molar-refractivity contribution in [2.75, 3.05) is 14.1 Å². The van der Waals surface area contributed by atoms with Crippen molar-refractivity contribution in [1.29, 1.82) is 0 Å². The topological polar surface area (TPSA) is 16.1 Å². The van der Waals surface area contributed by atoms with Crippen LogP contribution in [0.1, 0.15) is 23.5 Å². The number of hydrogen-bond donors (Lipinski definition) is 0. The molecule has 4 aromatic carbocycles. The second-order valence-electron chi connectivity index (χ2n) is 9.93. The Morgan fingerprint density at radius 2 is 0.946 bits per heavy atom. The molecule has 1 heterocycles. The van der Waals surface area contributed by atoms with Gasteiger partial charge in [-0.3, -0.25) is 0 Å². The number of benzene rings is 4. The zero-order chi connectivity index (χ0) is 25.5. The molecule has 0 aliphatic heterocycles. The number of nitrogens with zero attached hydrogens (tertiary/aromatic N) is 1. The molecule has 0 N–H and O–H groups in total. The third kappa shape index (κ3) is 5.26. The summed E-state index contributed by atoms with van der Waals surface area (Å²) in [6.45, 7) is 0. The fourth-order valence-corrected chi connectivity index (χ4v) is 6.64. The van der Waals surface area contributed by atoms with E-state index in [2.05, 4.69) is 121 Å². The summed E-state index contributed by atoms with van der Waals surface area (Å²) >= 11 is 1.80. The first-order chi connectivity index (χ1) is 18.2. The second-order valence-corrected chi connectivity index (χ2v) is 11.0. The van der Waals surface area contributed by atoms with Crippen LogP contribution in [0.4, 0.5) is 0 Å². The highest BCUT2D eigenvalue weighted by molar-refractivity contribution is 7.19. The van der Waals surface area contributed by atoms with E-state index in [9.17, 15) is 0 Å². The molecule has 0 radical (unpaired) electrons. The predicted molar refractivity (Wildman–Crippen MR) is 160 cm³/mol. The molecule has 0 saturated heterocycles. The molecule has 5 aromatic rings. The van der Waals surface area contributed by atoms with Crippen molar-refractivity contribution < 1.29 is 4.42 Å². The average Bonchev–Trinajstić information content (AvgIpc) is 3.42. The van der Waals surface area contributed by atoms with Gasteiger partial charge in [0.25, 0.3) is 0 Å². The molecule has 1 aromatic heterocycles. The number of hydrogen-bond acceptors (Lipinski definition) is 2. The Morgan fingerprint density at radius 1 is 0.568 bits per heavy atom. The summed E-state index contributed by atoms with van der Waals surface area (Å²) in [5.41, 5.74) is 5.36. The lowest BCUT2D eigenvalue weighted by Crippen LogP contribution is -2.74. The van der Waals surface area contributed by atoms with E-state index in [0.717, 1.165) is 11.3 Å². The van der Waals surface area contributed by atoms with E-state index < -0.39 is 6.15 Å². The van der Waals surface area contributed by atoms with Gasteiger partial charge in [-0.05, 0) is 30.6 Å². The molecule has 0 spiro atoms. The van der Waals surface area contributed by atoms with Crippen molar-refractivity contribution >= 4 is 39.3 Å². The Hall–Kier alpha value is -3.63. The van der Waals surface area contributed by atoms with Crippen LogP contribution < -0.4 is 31.3 Å². The van der Waals surface area contributed by atoms with Crippen LogP contribution in [0, 0.1) is 0 Å². The Labute approximate surface area is 224 Å². The van der Waals surface area contributed by atoms with Gasteiger partial charge in [-0.15, -0.1) is 0 Å². The quantitative estimate of drug-likeness (QED) is 0.264. The molecule has 0 fully saturated rings. The summed E-state index contributed by atoms with van der Waals surface area (Å²) in [7, 11) is 4.06. The zero-order valence-corrected chi connectivity index (χ0v) is 22.5. The first-order valence-corrected chi connectivity index (χ1v) is 14.0. The lowest BCUT2D eigenvalue weighted by molar-refractivity contribution is 0.423. The van der Waals surface area contributed by atoms with Gasteiger partial charge >= 0.3 is 4.87 Å². The molecule has 1 aliphatic carbocycles. The minimum Gasteiger partial charge on any atom is -0.400 e. The maximum atomic E-state index is 5.71. The first kappa shape index (κ1) is 25.0. The molecule has 0 unspecified atom stereocenters. The lowest BCUT2D eigenvalue weighted by Gasteiger charge is -2.44. The molecule has 0 amide bonds. The van der Waals surface area contributed by atoms with Crippen molar-refractivity contribution in [3.63, 3.8) is 0 Å². The van der Waals surface area contributed by atoms with E-state index >= 15 is 0 Å². The largest absolute Gasteiger partial charge is 0.429 e. The molecule has 0 atom stereocenters. The summed E-state index contributed by atoms with van der Waals surface area (Å²) in [6, 6.07) is 43.5. The zero-order valence-electron chi connectivity index (χ0n) is 21.7. The Kier molecular flexibility index (Phi) is 7.86. The molecule has 0 bridgehead atoms. The summed E-state index contributed by atoms with van der Waals surface area (Å²) in [6.07, 6.45) is 3.76. The van der Waals surface area contributed by atoms with Crippen LogP contribution in [0.5, 0.6) is 0 Å². The minimum absolute atomic E-state index is 1.04. The van der Waals surface area contributed by atoms with Gasteiger partial charge in [0.2, 0.25) is 0 Å². The molecular weight excluding hydrogens is 469 g/mol. The van der Waals surface area contributed by atoms with Crippen LogP contribution in [0.3, 0.4) is 0 Å². The normalized spacial score (nSPS) is 12.7. The van der Waals surface area contributed by atoms with Crippen molar-refractivity contribution in [2.45, 2.75) is 25.7 Å². The van der Waals surface area contributed by atoms with E-state index in [1.165, 1.54) is 51.8 Å². The van der Waals surface area contributed by atoms with Gasteiger partial charge in [-0.25, -0.2) is 0 Å². The van der Waals surface area contributed by atoms with Crippen molar-refractivity contribution in [1.82, 2.24) is 4.58 Å². The van der Waals surface area contributed by atoms with E-state index in [1.54, 1.807) is 11.3 Å². The van der Waals surface area contributed by atoms with Crippen LogP contribution in [-0.2, 0) is 12.8 Å². The van der Waals surface area contributed by atoms with Crippen molar-refractivity contribution in [2.24, 2.45) is 0 Å². The molecule has 4 heteroatoms. The van der Waals surface area contributed by atoms with Gasteiger partial charge in [-0.2, -0.15) is 26.4 Å². The van der Waals surface area contributed by atoms with Gasteiger partial charge in [-0.1, -0.05) is 121 Å². The van der Waals surface area contributed by atoms with E-state index in [4.69, 9.17) is 4.42 Å². The van der Waals surface area contributed by atoms with Gasteiger partial charge in [0.15, 0.2) is 0 Å². The van der Waals surface area contributed by atoms with E-state index in [-0.39, 0.29) is 0 Å². The van der Waals surface area contributed by atoms with Crippen molar-refractivity contribution in [3.05, 3.63) is 137 Å². The summed E-state index contributed by atoms with van der Waals surface area (Å²) in [5.74, 6) is 1.23. The smallest absolute Gasteiger partial charge is 0.400 e. The van der Waals surface area contributed by atoms with Crippen LogP contribution in [0.2, 0.25) is 0 Å². The van der Waals surface area contributed by atoms with Crippen LogP contribution in [0.25, 0.3) is 0 Å². The molecule has 37 heavy (non-hydrogen) atoms. The molecule has 0 saturated carbocycles. The second kappa shape index (κ2) is 11.6. The van der Waals surface area contributed by atoms with E-state index in [1.807, 2.05) is 18.7 Å². The average molecular weight is 504 g/mol. The molecule has 1 aliphatic rings. The number of rotatable bonds is 4. The molecular formula is C33H34BNOS. The van der Waals surface area contributed by atoms with Gasteiger partial charge in [0.05, 0.1) is 4.88 Å². The lowest BCUT2D eigenvalue weighted by atomic mass is 9.13. The Balaban J connectivity index is 0.000000195. The molecule has 6 rings (SSSR count). The van der Waals surface area contributed by atoms with Crippen LogP contribution in [0.15, 0.2) is 126 Å². The number of fused-ring (bicyclic) bond motifs is 1. The summed E-state index contributed by atoms with van der Waals surface area (Å²) in [5, 5.41) is 0. The van der Waals surface area contributed by atoms with Crippen molar-refractivity contribution in [3.8, 4) is 0 Å². The van der Waals surface area contributed by atoms with Crippen LogP contribution >= 0.6 is 11.3 Å². The minimum atomic E-state index is -1.22. The van der Waals surface area contributed by atoms with Crippen LogP contribution in [-0.4, -0.2) is 20.2 Å². The summed E-state index contributed by atoms with van der Waals surface area (Å²) in [4.78, 5) is 2.51. The highest BCUT2D eigenvalue weighted by Gasteiger charge is 2.31. The fourth-order valence-electron chi connectivity index (χ4n) is 5.60. The van der Waals surface area contributed by atoms with E-state index in [0.29, 0.717) is 0 Å². The Bertz CT molecular complexity index is 1280. The third-order valence-electron chi connectivity index (χ3n) is 7.35. The highest BCUT2D eigenvalue weighted by atomic mass is 32.1. The van der Waals surface area contributed by atoms with Gasteiger partial charge in [0.1, 0.15) is 26.0 Å². The monoisotopic (exact) mass is 503 g/mol. The molecule has 186 valence electrons. The van der Waals surface area contributed by atoms with Gasteiger partial charge in [0, 0.05) is 6.42 Å². The SMILES string of the molecule is C[N+](C)=c1oc2c(s1)CCCC2.c1ccc([B-](c2ccccc2)(c2ccccc2)c2ccccc2)cc1. The molecule has 2 nitrogen and oxygen atoms in total. The maximum absolute atomic E-state index is 5.71. The summed E-state index contributed by atoms with van der Waals surface area (Å²) < 4.78 is 7.76. The van der Waals surface area contributed by atoms with Gasteiger partial charge < -0.3 is 4.42 Å². The predicted octanol–water partition coefficient (Wildman–Crippen LogP) is 4.32. The Morgan fingerprint density at radius 3 is 1.30 bits per heavy atom. The standard InChI is InChI=1S/C24H20B.C9H14NOS/c1-5-13-21(14-6-1)25(22-15-7-2-8-16-22,23-17-9-3-10-18-23)24-19-11-4-12-20-24;1-10(2)9-11-7-5-3-4-6-8(7)12-9/h1-20H;3-6H2,1-2H3/q-1;+1. The fraction of sp³-hybridized carbons (Fsp3) is 0.182. The number of aryl methyl sites for hydroxylation is 2. The third-order valence-corrected chi connectivity index (χ3v) is 8.65. The highest BCUT2D eigenvalue weighted by Crippen LogP contribution is 2.22.